The molecule has 0 bridgehead atoms. The van der Waals surface area contributed by atoms with E-state index >= 15 is 0 Å². The van der Waals surface area contributed by atoms with Crippen LogP contribution in [0.4, 0.5) is 5.69 Å². The molecule has 0 unspecified atom stereocenters. The van der Waals surface area contributed by atoms with Gasteiger partial charge in [0.15, 0.2) is 0 Å². The van der Waals surface area contributed by atoms with Gasteiger partial charge in [-0.05, 0) is 17.2 Å². The first kappa shape index (κ1) is 16.0. The van der Waals surface area contributed by atoms with Gasteiger partial charge < -0.3 is 10.1 Å². The topological polar surface area (TPSA) is 79.9 Å². The molecule has 1 aromatic carbocycles. The zero-order valence-electron chi connectivity index (χ0n) is 12.7. The van der Waals surface area contributed by atoms with Gasteiger partial charge in [-0.2, -0.15) is 5.10 Å². The molecule has 2 heterocycles. The zero-order chi connectivity index (χ0) is 16.8. The number of benzene rings is 1. The number of halogens is 1. The van der Waals surface area contributed by atoms with E-state index in [0.717, 1.165) is 11.1 Å². The van der Waals surface area contributed by atoms with Gasteiger partial charge in [0.2, 0.25) is 5.88 Å². The van der Waals surface area contributed by atoms with Crippen LogP contribution in [0, 0.1) is 0 Å². The molecule has 122 valence electrons. The number of nitrogens with zero attached hydrogens (tertiary/aromatic N) is 2. The van der Waals surface area contributed by atoms with Crippen molar-refractivity contribution in [3.05, 3.63) is 81.4 Å². The fourth-order valence-electron chi connectivity index (χ4n) is 2.07. The Morgan fingerprint density at radius 3 is 2.83 bits per heavy atom. The molecular formula is C17H15ClN4O2. The Hall–Kier alpha value is -2.86. The molecule has 0 fully saturated rings. The molecule has 0 aliphatic carbocycles. The first-order valence-electron chi connectivity index (χ1n) is 7.31. The second kappa shape index (κ2) is 7.61. The Bertz CT molecular complexity index is 868. The first-order valence-corrected chi connectivity index (χ1v) is 7.69. The van der Waals surface area contributed by atoms with Crippen molar-refractivity contribution in [1.82, 2.24) is 15.2 Å². The average Bonchev–Trinajstić information content (AvgIpc) is 2.62. The molecule has 2 aromatic heterocycles. The van der Waals surface area contributed by atoms with Crippen LogP contribution in [0.1, 0.15) is 11.1 Å². The van der Waals surface area contributed by atoms with Crippen LogP contribution in [0.15, 0.2) is 59.7 Å². The predicted octanol–water partition coefficient (Wildman–Crippen LogP) is 3.01. The summed E-state index contributed by atoms with van der Waals surface area (Å²) in [5.74, 6) is 0.535. The number of aromatic nitrogens is 3. The Morgan fingerprint density at radius 2 is 2.00 bits per heavy atom. The lowest BCUT2D eigenvalue weighted by Gasteiger charge is -2.09. The largest absolute Gasteiger partial charge is 0.473 e. The molecule has 24 heavy (non-hydrogen) atoms. The number of H-pyrrole nitrogens is 1. The number of rotatable bonds is 6. The van der Waals surface area contributed by atoms with Gasteiger partial charge in [0.1, 0.15) is 11.6 Å². The van der Waals surface area contributed by atoms with Crippen LogP contribution in [0.2, 0.25) is 5.02 Å². The predicted molar refractivity (Wildman–Crippen MR) is 92.2 cm³/mol. The summed E-state index contributed by atoms with van der Waals surface area (Å²) < 4.78 is 5.70. The maximum atomic E-state index is 11.4. The van der Waals surface area contributed by atoms with Crippen molar-refractivity contribution in [2.45, 2.75) is 13.2 Å². The van der Waals surface area contributed by atoms with Crippen LogP contribution in [0.5, 0.6) is 5.88 Å². The normalized spacial score (nSPS) is 10.4. The summed E-state index contributed by atoms with van der Waals surface area (Å²) in [7, 11) is 0. The molecule has 7 heteroatoms. The van der Waals surface area contributed by atoms with Gasteiger partial charge >= 0.3 is 0 Å². The number of aromatic amines is 1. The third kappa shape index (κ3) is 4.11. The Labute approximate surface area is 143 Å². The first-order chi connectivity index (χ1) is 11.7. The van der Waals surface area contributed by atoms with Gasteiger partial charge in [0, 0.05) is 18.8 Å². The number of pyridine rings is 1. The van der Waals surface area contributed by atoms with E-state index < -0.39 is 5.56 Å². The van der Waals surface area contributed by atoms with E-state index in [9.17, 15) is 4.79 Å². The number of ether oxygens (including phenoxy) is 1. The van der Waals surface area contributed by atoms with Crippen molar-refractivity contribution in [2.75, 3.05) is 5.32 Å². The van der Waals surface area contributed by atoms with E-state index in [0.29, 0.717) is 24.7 Å². The molecule has 3 aromatic rings. The Balaban J connectivity index is 1.63. The van der Waals surface area contributed by atoms with Gasteiger partial charge in [0.25, 0.3) is 5.56 Å². The molecule has 0 radical (unpaired) electrons. The van der Waals surface area contributed by atoms with Gasteiger partial charge in [-0.3, -0.25) is 4.79 Å². The summed E-state index contributed by atoms with van der Waals surface area (Å²) >= 11 is 5.92. The van der Waals surface area contributed by atoms with Crippen LogP contribution < -0.4 is 15.6 Å². The van der Waals surface area contributed by atoms with E-state index in [2.05, 4.69) is 20.5 Å². The summed E-state index contributed by atoms with van der Waals surface area (Å²) in [6.45, 7) is 0.920. The number of hydrogen-bond donors (Lipinski definition) is 2. The zero-order valence-corrected chi connectivity index (χ0v) is 13.5. The summed E-state index contributed by atoms with van der Waals surface area (Å²) in [6.07, 6.45) is 3.15. The van der Waals surface area contributed by atoms with Gasteiger partial charge in [-0.1, -0.05) is 41.9 Å². The van der Waals surface area contributed by atoms with Gasteiger partial charge in [-0.25, -0.2) is 10.1 Å². The smallest absolute Gasteiger partial charge is 0.285 e. The van der Waals surface area contributed by atoms with Crippen LogP contribution in [0.25, 0.3) is 0 Å². The lowest BCUT2D eigenvalue weighted by atomic mass is 10.2. The number of hydrogen-bond acceptors (Lipinski definition) is 5. The Morgan fingerprint density at radius 1 is 1.17 bits per heavy atom. The fourth-order valence-corrected chi connectivity index (χ4v) is 2.23. The third-order valence-electron chi connectivity index (χ3n) is 3.31. The summed E-state index contributed by atoms with van der Waals surface area (Å²) in [5.41, 5.74) is 2.07. The minimum absolute atomic E-state index is 0.0830. The van der Waals surface area contributed by atoms with Crippen molar-refractivity contribution in [1.29, 1.82) is 0 Å². The van der Waals surface area contributed by atoms with Crippen molar-refractivity contribution in [3.63, 3.8) is 0 Å². The Kier molecular flexibility index (Phi) is 5.08. The monoisotopic (exact) mass is 342 g/mol. The number of nitrogens with one attached hydrogen (secondary N) is 2. The fraction of sp³-hybridized carbons (Fsp3) is 0.118. The summed E-state index contributed by atoms with van der Waals surface area (Å²) in [5, 5.41) is 9.14. The highest BCUT2D eigenvalue weighted by Gasteiger charge is 2.05. The molecule has 0 saturated heterocycles. The quantitative estimate of drug-likeness (QED) is 0.719. The van der Waals surface area contributed by atoms with Crippen LogP contribution in [-0.2, 0) is 13.2 Å². The SMILES string of the molecule is O=c1[nH]ncc(NCc2ccnc(OCc3ccccc3)c2)c1Cl. The van der Waals surface area contributed by atoms with E-state index in [1.807, 2.05) is 42.5 Å². The molecule has 0 atom stereocenters. The molecule has 0 amide bonds. The van der Waals surface area contributed by atoms with E-state index in [1.165, 1.54) is 6.20 Å². The highest BCUT2D eigenvalue weighted by Crippen LogP contribution is 2.17. The molecule has 0 aliphatic rings. The van der Waals surface area contributed by atoms with Crippen LogP contribution in [-0.4, -0.2) is 15.2 Å². The lowest BCUT2D eigenvalue weighted by Crippen LogP contribution is -2.11. The molecule has 2 N–H and O–H groups in total. The molecular weight excluding hydrogens is 328 g/mol. The standard InChI is InChI=1S/C17H15ClN4O2/c18-16-14(10-21-22-17(16)23)20-9-13-6-7-19-15(8-13)24-11-12-4-2-1-3-5-12/h1-8,10H,9,11H2,(H2,20,22,23). The van der Waals surface area contributed by atoms with E-state index in [4.69, 9.17) is 16.3 Å². The molecule has 0 saturated carbocycles. The van der Waals surface area contributed by atoms with Crippen LogP contribution >= 0.6 is 11.6 Å². The van der Waals surface area contributed by atoms with E-state index in [-0.39, 0.29) is 5.02 Å². The summed E-state index contributed by atoms with van der Waals surface area (Å²) in [6, 6.07) is 13.6. The second-order valence-corrected chi connectivity index (χ2v) is 5.43. The highest BCUT2D eigenvalue weighted by molar-refractivity contribution is 6.32. The van der Waals surface area contributed by atoms with Crippen molar-refractivity contribution in [3.8, 4) is 5.88 Å². The van der Waals surface area contributed by atoms with E-state index in [1.54, 1.807) is 6.20 Å². The molecule has 3 rings (SSSR count). The van der Waals surface area contributed by atoms with Crippen molar-refractivity contribution < 1.29 is 4.74 Å². The minimum atomic E-state index is -0.428. The lowest BCUT2D eigenvalue weighted by molar-refractivity contribution is 0.293. The maximum Gasteiger partial charge on any atom is 0.285 e. The molecule has 6 nitrogen and oxygen atoms in total. The van der Waals surface area contributed by atoms with Crippen molar-refractivity contribution in [2.24, 2.45) is 0 Å². The highest BCUT2D eigenvalue weighted by atomic mass is 35.5. The molecule has 0 aliphatic heterocycles. The molecule has 0 spiro atoms. The average molecular weight is 343 g/mol. The third-order valence-corrected chi connectivity index (χ3v) is 3.68. The maximum absolute atomic E-state index is 11.4. The van der Waals surface area contributed by atoms with Gasteiger partial charge in [0.05, 0.1) is 11.9 Å². The van der Waals surface area contributed by atoms with Crippen molar-refractivity contribution >= 4 is 17.3 Å². The van der Waals surface area contributed by atoms with Gasteiger partial charge in [-0.15, -0.1) is 0 Å². The minimum Gasteiger partial charge on any atom is -0.473 e. The summed E-state index contributed by atoms with van der Waals surface area (Å²) in [4.78, 5) is 15.6. The van der Waals surface area contributed by atoms with Crippen LogP contribution in [0.3, 0.4) is 0 Å². The number of anilines is 1. The second-order valence-electron chi connectivity index (χ2n) is 5.06.